The average Bonchev–Trinajstić information content (AvgIpc) is 2.82. The predicted octanol–water partition coefficient (Wildman–Crippen LogP) is 4.54. The van der Waals surface area contributed by atoms with Crippen LogP contribution in [0.1, 0.15) is 31.4 Å². The summed E-state index contributed by atoms with van der Waals surface area (Å²) in [5, 5.41) is 5.59. The van der Waals surface area contributed by atoms with E-state index < -0.39 is 0 Å². The van der Waals surface area contributed by atoms with Crippen LogP contribution in [0.25, 0.3) is 0 Å². The lowest BCUT2D eigenvalue weighted by Gasteiger charge is -2.17. The summed E-state index contributed by atoms with van der Waals surface area (Å²) in [6.07, 6.45) is 2.70. The molecule has 1 N–H and O–H groups in total. The second kappa shape index (κ2) is 6.33. The minimum Gasteiger partial charge on any atom is -0.309 e. The van der Waals surface area contributed by atoms with E-state index in [2.05, 4.69) is 24.0 Å². The second-order valence-corrected chi connectivity index (χ2v) is 6.66. The third-order valence-corrected chi connectivity index (χ3v) is 5.26. The molecule has 0 spiro atoms. The van der Waals surface area contributed by atoms with Gasteiger partial charge >= 0.3 is 0 Å². The maximum absolute atomic E-state index is 6.02. The molecule has 0 aromatic heterocycles. The molecule has 0 amide bonds. The first-order valence-corrected chi connectivity index (χ1v) is 7.77. The average molecular weight is 290 g/mol. The zero-order valence-corrected chi connectivity index (χ0v) is 12.2. The van der Waals surface area contributed by atoms with Crippen LogP contribution in [-0.2, 0) is 0 Å². The van der Waals surface area contributed by atoms with Gasteiger partial charge < -0.3 is 5.32 Å². The largest absolute Gasteiger partial charge is 0.309 e. The summed E-state index contributed by atoms with van der Waals surface area (Å²) in [5.74, 6) is 1.31. The lowest BCUT2D eigenvalue weighted by molar-refractivity contribution is 0.559. The van der Waals surface area contributed by atoms with E-state index in [0.29, 0.717) is 16.1 Å². The molecule has 1 aliphatic rings. The molecule has 1 heterocycles. The number of benzene rings is 1. The Morgan fingerprint density at radius 2 is 2.24 bits per heavy atom. The molecule has 2 rings (SSSR count). The molecular formula is C13H17Cl2NS. The third-order valence-electron chi connectivity index (χ3n) is 3.12. The summed E-state index contributed by atoms with van der Waals surface area (Å²) < 4.78 is 0. The van der Waals surface area contributed by atoms with Gasteiger partial charge in [0.05, 0.1) is 10.0 Å². The van der Waals surface area contributed by atoms with E-state index in [1.54, 1.807) is 0 Å². The van der Waals surface area contributed by atoms with Crippen molar-refractivity contribution in [3.63, 3.8) is 0 Å². The highest BCUT2D eigenvalue weighted by Gasteiger charge is 2.16. The van der Waals surface area contributed by atoms with E-state index in [1.165, 1.54) is 24.2 Å². The van der Waals surface area contributed by atoms with Gasteiger partial charge in [0.25, 0.3) is 0 Å². The van der Waals surface area contributed by atoms with E-state index in [9.17, 15) is 0 Å². The number of hydrogen-bond acceptors (Lipinski definition) is 2. The fraction of sp³-hybridized carbons (Fsp3) is 0.538. The molecule has 2 unspecified atom stereocenters. The first kappa shape index (κ1) is 13.5. The van der Waals surface area contributed by atoms with E-state index >= 15 is 0 Å². The minimum atomic E-state index is 0.325. The highest BCUT2D eigenvalue weighted by Crippen LogP contribution is 2.28. The normalized spacial score (nSPS) is 21.7. The van der Waals surface area contributed by atoms with Crippen LogP contribution in [0.3, 0.4) is 0 Å². The Kier molecular flexibility index (Phi) is 5.04. The molecule has 1 aliphatic heterocycles. The summed E-state index contributed by atoms with van der Waals surface area (Å²) in [7, 11) is 0. The molecule has 0 radical (unpaired) electrons. The SMILES string of the molecule is CC(NCC1CCCS1)c1ccc(Cl)c(Cl)c1. The molecule has 1 aromatic rings. The molecule has 17 heavy (non-hydrogen) atoms. The van der Waals surface area contributed by atoms with E-state index in [4.69, 9.17) is 23.2 Å². The molecule has 1 saturated heterocycles. The van der Waals surface area contributed by atoms with E-state index in [0.717, 1.165) is 11.8 Å². The Morgan fingerprint density at radius 1 is 1.41 bits per heavy atom. The van der Waals surface area contributed by atoms with Crippen LogP contribution in [-0.4, -0.2) is 17.5 Å². The van der Waals surface area contributed by atoms with Gasteiger partial charge in [-0.2, -0.15) is 11.8 Å². The maximum atomic E-state index is 6.02. The van der Waals surface area contributed by atoms with Crippen LogP contribution in [0, 0.1) is 0 Å². The molecule has 0 bridgehead atoms. The van der Waals surface area contributed by atoms with Crippen LogP contribution in [0.5, 0.6) is 0 Å². The molecule has 4 heteroatoms. The van der Waals surface area contributed by atoms with Gasteiger partial charge in [0.1, 0.15) is 0 Å². The summed E-state index contributed by atoms with van der Waals surface area (Å²) in [5.41, 5.74) is 1.20. The fourth-order valence-electron chi connectivity index (χ4n) is 2.01. The number of rotatable bonds is 4. The number of hydrogen-bond donors (Lipinski definition) is 1. The second-order valence-electron chi connectivity index (χ2n) is 4.44. The third kappa shape index (κ3) is 3.78. The van der Waals surface area contributed by atoms with Gasteiger partial charge in [0.15, 0.2) is 0 Å². The molecule has 2 atom stereocenters. The minimum absolute atomic E-state index is 0.325. The summed E-state index contributed by atoms with van der Waals surface area (Å²) in [6.45, 7) is 3.24. The zero-order chi connectivity index (χ0) is 12.3. The summed E-state index contributed by atoms with van der Waals surface area (Å²) in [6, 6.07) is 6.17. The van der Waals surface area contributed by atoms with Crippen LogP contribution >= 0.6 is 35.0 Å². The molecular weight excluding hydrogens is 273 g/mol. The highest BCUT2D eigenvalue weighted by atomic mass is 35.5. The molecule has 0 saturated carbocycles. The lowest BCUT2D eigenvalue weighted by Crippen LogP contribution is -2.26. The Bertz CT molecular complexity index is 378. The quantitative estimate of drug-likeness (QED) is 0.873. The van der Waals surface area contributed by atoms with Gasteiger partial charge in [0, 0.05) is 17.8 Å². The van der Waals surface area contributed by atoms with Crippen molar-refractivity contribution >= 4 is 35.0 Å². The van der Waals surface area contributed by atoms with Gasteiger partial charge in [-0.1, -0.05) is 29.3 Å². The van der Waals surface area contributed by atoms with Crippen LogP contribution < -0.4 is 5.32 Å². The highest BCUT2D eigenvalue weighted by molar-refractivity contribution is 8.00. The molecule has 1 aromatic carbocycles. The van der Waals surface area contributed by atoms with Crippen molar-refractivity contribution < 1.29 is 0 Å². The Balaban J connectivity index is 1.89. The van der Waals surface area contributed by atoms with Crippen molar-refractivity contribution in [1.82, 2.24) is 5.32 Å². The van der Waals surface area contributed by atoms with Gasteiger partial charge in [-0.25, -0.2) is 0 Å². The van der Waals surface area contributed by atoms with Crippen LogP contribution in [0.4, 0.5) is 0 Å². The maximum Gasteiger partial charge on any atom is 0.0595 e. The van der Waals surface area contributed by atoms with Crippen molar-refractivity contribution in [1.29, 1.82) is 0 Å². The number of halogens is 2. The van der Waals surface area contributed by atoms with Crippen molar-refractivity contribution in [2.45, 2.75) is 31.1 Å². The van der Waals surface area contributed by atoms with Crippen LogP contribution in [0.15, 0.2) is 18.2 Å². The topological polar surface area (TPSA) is 12.0 Å². The van der Waals surface area contributed by atoms with Gasteiger partial charge in [0.2, 0.25) is 0 Å². The van der Waals surface area contributed by atoms with Gasteiger partial charge in [-0.05, 0) is 43.2 Å². The van der Waals surface area contributed by atoms with Gasteiger partial charge in [-0.3, -0.25) is 0 Å². The fourth-order valence-corrected chi connectivity index (χ4v) is 3.53. The monoisotopic (exact) mass is 289 g/mol. The first-order valence-electron chi connectivity index (χ1n) is 5.97. The molecule has 0 aliphatic carbocycles. The van der Waals surface area contributed by atoms with Gasteiger partial charge in [-0.15, -0.1) is 0 Å². The van der Waals surface area contributed by atoms with Crippen molar-refractivity contribution in [3.05, 3.63) is 33.8 Å². The summed E-state index contributed by atoms with van der Waals surface area (Å²) >= 11 is 14.0. The van der Waals surface area contributed by atoms with Crippen LogP contribution in [0.2, 0.25) is 10.0 Å². The standard InChI is InChI=1S/C13H17Cl2NS/c1-9(16-8-11-3-2-6-17-11)10-4-5-12(14)13(15)7-10/h4-5,7,9,11,16H,2-3,6,8H2,1H3. The van der Waals surface area contributed by atoms with Crippen molar-refractivity contribution in [3.8, 4) is 0 Å². The van der Waals surface area contributed by atoms with E-state index in [-0.39, 0.29) is 0 Å². The zero-order valence-electron chi connectivity index (χ0n) is 9.88. The lowest BCUT2D eigenvalue weighted by atomic mass is 10.1. The molecule has 1 nitrogen and oxygen atoms in total. The first-order chi connectivity index (χ1) is 8.16. The Hall–Kier alpha value is 0.110. The Morgan fingerprint density at radius 3 is 2.88 bits per heavy atom. The smallest absolute Gasteiger partial charge is 0.0595 e. The molecule has 94 valence electrons. The molecule has 1 fully saturated rings. The van der Waals surface area contributed by atoms with Crippen molar-refractivity contribution in [2.24, 2.45) is 0 Å². The Labute approximate surface area is 117 Å². The number of nitrogens with one attached hydrogen (secondary N) is 1. The van der Waals surface area contributed by atoms with Crippen molar-refractivity contribution in [2.75, 3.05) is 12.3 Å². The number of thioether (sulfide) groups is 1. The summed E-state index contributed by atoms with van der Waals surface area (Å²) in [4.78, 5) is 0. The van der Waals surface area contributed by atoms with E-state index in [1.807, 2.05) is 18.2 Å². The predicted molar refractivity (Wildman–Crippen MR) is 78.4 cm³/mol.